The van der Waals surface area contributed by atoms with Gasteiger partial charge in [0.25, 0.3) is 0 Å². The van der Waals surface area contributed by atoms with Crippen LogP contribution < -0.4 is 0 Å². The van der Waals surface area contributed by atoms with E-state index in [1.165, 1.54) is 0 Å². The van der Waals surface area contributed by atoms with Crippen molar-refractivity contribution in [2.24, 2.45) is 0 Å². The van der Waals surface area contributed by atoms with Gasteiger partial charge in [0, 0.05) is 0 Å². The quantitative estimate of drug-likeness (QED) is 0.121. The van der Waals surface area contributed by atoms with Gasteiger partial charge in [0.05, 0.1) is 0 Å². The summed E-state index contributed by atoms with van der Waals surface area (Å²) >= 11 is 0. The van der Waals surface area contributed by atoms with E-state index in [-0.39, 0.29) is 0 Å². The first kappa shape index (κ1) is 53.6. The van der Waals surface area contributed by atoms with Gasteiger partial charge in [-0.15, -0.1) is 0 Å². The maximum atomic E-state index is 14.8. The minimum absolute atomic E-state index is 0.955. The second-order valence-electron chi connectivity index (χ2n) is 9.57. The van der Waals surface area contributed by atoms with Gasteiger partial charge in [0.1, 0.15) is 0 Å². The molecule has 0 aliphatic carbocycles. The monoisotopic (exact) mass is 952 g/mol. The molecule has 40 heteroatoms. The van der Waals surface area contributed by atoms with E-state index < -0.39 is 105 Å². The standard InChI is InChI=1S/C16F36O3Si/c17-1(18,3(21,22)5(25,26)7(29,30)9(33,34)35)2(19,20)4(23,24)6(27,28)8(31,32)16(51,52)56(53-13(45,46)10(36,37)38,54-14(47,48)11(39,40)41)55-15(49,50)12(42,43)44. The zero-order chi connectivity index (χ0) is 46.6. The molecule has 0 aliphatic heterocycles. The molecule has 3 nitrogen and oxygen atoms in total. The third-order valence-electron chi connectivity index (χ3n) is 5.67. The molecule has 0 aliphatic rings. The molecule has 0 aromatic rings. The Hall–Kier alpha value is -2.42. The van der Waals surface area contributed by atoms with Crippen molar-refractivity contribution >= 4 is 8.80 Å². The molecule has 0 saturated carbocycles. The Labute approximate surface area is 277 Å². The largest absolute Gasteiger partial charge is 0.595 e. The summed E-state index contributed by atoms with van der Waals surface area (Å²) in [6.07, 6.45) is -60.5. The van der Waals surface area contributed by atoms with Crippen LogP contribution in [0.5, 0.6) is 0 Å². The van der Waals surface area contributed by atoms with Crippen molar-refractivity contribution in [1.82, 2.24) is 0 Å². The minimum atomic E-state index is -12.0. The summed E-state index contributed by atoms with van der Waals surface area (Å²) in [7, 11) is -12.0. The van der Waals surface area contributed by atoms with E-state index in [1.54, 1.807) is 0 Å². The molecule has 0 radical (unpaired) electrons. The fourth-order valence-electron chi connectivity index (χ4n) is 2.69. The van der Waals surface area contributed by atoms with Crippen molar-refractivity contribution in [3.8, 4) is 0 Å². The molecule has 0 heterocycles. The summed E-state index contributed by atoms with van der Waals surface area (Å²) < 4.78 is 482. The minimum Gasteiger partial charge on any atom is -0.302 e. The lowest BCUT2D eigenvalue weighted by atomic mass is 9.87. The summed E-state index contributed by atoms with van der Waals surface area (Å²) in [6.45, 7) is 0. The molecule has 0 rings (SSSR count). The number of hydrogen-bond acceptors (Lipinski definition) is 3. The Morgan fingerprint density at radius 3 is 0.518 bits per heavy atom. The molecular formula is C16F36O3Si. The number of hydrogen-bond donors (Lipinski definition) is 0. The lowest BCUT2D eigenvalue weighted by Gasteiger charge is -2.47. The van der Waals surface area contributed by atoms with Crippen LogP contribution in [-0.4, -0.2) is 105 Å². The summed E-state index contributed by atoms with van der Waals surface area (Å²) in [5.41, 5.74) is -10.3. The van der Waals surface area contributed by atoms with Gasteiger partial charge in [-0.3, -0.25) is 0 Å². The average molecular weight is 952 g/mol. The van der Waals surface area contributed by atoms with Crippen LogP contribution in [0.15, 0.2) is 0 Å². The molecule has 0 atom stereocenters. The average Bonchev–Trinajstić information content (AvgIpc) is 2.88. The fraction of sp³-hybridized carbons (Fsp3) is 1.00. The predicted octanol–water partition coefficient (Wildman–Crippen LogP) is 11.3. The van der Waals surface area contributed by atoms with Crippen molar-refractivity contribution in [3.05, 3.63) is 0 Å². The van der Waals surface area contributed by atoms with Gasteiger partial charge in [-0.05, 0) is 0 Å². The van der Waals surface area contributed by atoms with Crippen LogP contribution in [0.1, 0.15) is 0 Å². The third kappa shape index (κ3) is 7.51. The van der Waals surface area contributed by atoms with Crippen LogP contribution in [0, 0.1) is 0 Å². The number of alkyl halides is 36. The maximum Gasteiger partial charge on any atom is 0.595 e. The highest BCUT2D eigenvalue weighted by atomic mass is 28.4. The molecule has 0 amide bonds. The van der Waals surface area contributed by atoms with Crippen molar-refractivity contribution in [2.45, 2.75) is 96.0 Å². The van der Waals surface area contributed by atoms with Crippen LogP contribution in [0.3, 0.4) is 0 Å². The SMILES string of the molecule is FC(F)(F)C(F)(F)O[Si](OC(F)(F)C(F)(F)F)(OC(F)(F)C(F)(F)F)C(F)(F)C(F)(F)C(F)(F)C(F)(F)C(F)(F)C(F)(F)C(F)(F)C(F)(F)C(F)(F)C(F)(F)F. The van der Waals surface area contributed by atoms with Gasteiger partial charge in [-0.1, -0.05) is 0 Å². The van der Waals surface area contributed by atoms with Gasteiger partial charge in [0.15, 0.2) is 0 Å². The van der Waals surface area contributed by atoms with Gasteiger partial charge < -0.3 is 13.3 Å². The topological polar surface area (TPSA) is 27.7 Å². The zero-order valence-corrected chi connectivity index (χ0v) is 24.3. The van der Waals surface area contributed by atoms with Gasteiger partial charge in [-0.25, -0.2) is 0 Å². The molecule has 0 aromatic heterocycles. The van der Waals surface area contributed by atoms with Crippen molar-refractivity contribution < 1.29 is 171 Å². The van der Waals surface area contributed by atoms with Crippen LogP contribution in [0.25, 0.3) is 0 Å². The molecule has 56 heavy (non-hydrogen) atoms. The highest BCUT2D eigenvalue weighted by Gasteiger charge is 3.00. The lowest BCUT2D eigenvalue weighted by molar-refractivity contribution is -0.475. The highest BCUT2D eigenvalue weighted by molar-refractivity contribution is 6.64. The highest BCUT2D eigenvalue weighted by Crippen LogP contribution is 2.67. The molecule has 0 bridgehead atoms. The van der Waals surface area contributed by atoms with E-state index in [2.05, 4.69) is 0 Å². The van der Waals surface area contributed by atoms with Gasteiger partial charge in [-0.2, -0.15) is 158 Å². The first-order valence-electron chi connectivity index (χ1n) is 11.3. The summed E-state index contributed by atoms with van der Waals surface area (Å²) in [5, 5.41) is 0. The van der Waals surface area contributed by atoms with E-state index in [1.807, 2.05) is 0 Å². The fourth-order valence-corrected chi connectivity index (χ4v) is 5.10. The zero-order valence-electron chi connectivity index (χ0n) is 23.3. The molecule has 0 spiro atoms. The van der Waals surface area contributed by atoms with E-state index in [9.17, 15) is 158 Å². The van der Waals surface area contributed by atoms with E-state index >= 15 is 0 Å². The molecule has 0 saturated heterocycles. The Kier molecular flexibility index (Phi) is 12.7. The van der Waals surface area contributed by atoms with Crippen LogP contribution in [-0.2, 0) is 13.3 Å². The predicted molar refractivity (Wildman–Crippen MR) is 92.6 cm³/mol. The summed E-state index contributed by atoms with van der Waals surface area (Å²) in [6, 6.07) is 0. The Balaban J connectivity index is 8.60. The molecule has 0 N–H and O–H groups in total. The normalized spacial score (nSPS) is 17.1. The third-order valence-corrected chi connectivity index (χ3v) is 8.33. The maximum absolute atomic E-state index is 14.8. The lowest BCUT2D eigenvalue weighted by Crippen LogP contribution is -2.81. The van der Waals surface area contributed by atoms with E-state index in [4.69, 9.17) is 0 Å². The van der Waals surface area contributed by atoms with E-state index in [0.29, 0.717) is 0 Å². The molecule has 0 aromatic carbocycles. The second-order valence-corrected chi connectivity index (χ2v) is 11.9. The van der Waals surface area contributed by atoms with Crippen molar-refractivity contribution in [1.29, 1.82) is 0 Å². The smallest absolute Gasteiger partial charge is 0.302 e. The first-order valence-corrected chi connectivity index (χ1v) is 13.0. The molecule has 0 fully saturated rings. The summed E-state index contributed by atoms with van der Waals surface area (Å²) in [4.78, 5) is 0. The summed E-state index contributed by atoms with van der Waals surface area (Å²) in [5.74, 6) is -80.1. The van der Waals surface area contributed by atoms with Crippen LogP contribution >= 0.6 is 0 Å². The number of halogens is 36. The van der Waals surface area contributed by atoms with Crippen LogP contribution in [0.4, 0.5) is 158 Å². The van der Waals surface area contributed by atoms with Crippen molar-refractivity contribution in [2.75, 3.05) is 0 Å². The Morgan fingerprint density at radius 2 is 0.357 bits per heavy atom. The van der Waals surface area contributed by atoms with E-state index in [0.717, 1.165) is 13.3 Å². The Morgan fingerprint density at radius 1 is 0.196 bits per heavy atom. The molecule has 338 valence electrons. The van der Waals surface area contributed by atoms with Gasteiger partial charge in [0.2, 0.25) is 0 Å². The molecular weight excluding hydrogens is 952 g/mol. The molecule has 0 unspecified atom stereocenters. The van der Waals surface area contributed by atoms with Gasteiger partial charge >= 0.3 is 105 Å². The second kappa shape index (κ2) is 13.3. The number of rotatable bonds is 15. The Bertz CT molecular complexity index is 1320. The first-order chi connectivity index (χ1) is 23.4. The van der Waals surface area contributed by atoms with Crippen LogP contribution in [0.2, 0.25) is 0 Å². The van der Waals surface area contributed by atoms with Crippen molar-refractivity contribution in [3.63, 3.8) is 0 Å².